The largest absolute Gasteiger partial charge is 0.488 e. The molecule has 2 aromatic rings. The number of ether oxygens (including phenoxy) is 1. The first-order chi connectivity index (χ1) is 9.76. The van der Waals surface area contributed by atoms with Crippen LogP contribution in [0.15, 0.2) is 24.4 Å². The number of rotatable bonds is 4. The van der Waals surface area contributed by atoms with Crippen LogP contribution in [0.2, 0.25) is 0 Å². The van der Waals surface area contributed by atoms with Crippen molar-refractivity contribution >= 4 is 11.3 Å². The Morgan fingerprint density at radius 3 is 3.10 bits per heavy atom. The lowest BCUT2D eigenvalue weighted by Crippen LogP contribution is -2.21. The Kier molecular flexibility index (Phi) is 4.03. The molecule has 1 aliphatic rings. The topological polar surface area (TPSA) is 34.1 Å². The van der Waals surface area contributed by atoms with Crippen LogP contribution in [0, 0.1) is 6.92 Å². The summed E-state index contributed by atoms with van der Waals surface area (Å²) in [7, 11) is 2.04. The molecular formula is C16H20N2OS. The summed E-state index contributed by atoms with van der Waals surface area (Å²) in [5.74, 6) is 0.956. The first-order valence-corrected chi connectivity index (χ1v) is 7.92. The SMILES string of the molecule is CNC1CCCc2ccc(OCc3cnc(C)s3)cc21. The number of aryl methyl sites for hydroxylation is 2. The first kappa shape index (κ1) is 13.6. The van der Waals surface area contributed by atoms with E-state index in [1.807, 2.05) is 20.2 Å². The van der Waals surface area contributed by atoms with Crippen LogP contribution in [-0.4, -0.2) is 12.0 Å². The standard InChI is InChI=1S/C16H20N2OS/c1-11-18-9-14(20-11)10-19-13-7-6-12-4-3-5-16(17-2)15(12)8-13/h6-9,16-17H,3-5,10H2,1-2H3. The minimum Gasteiger partial charge on any atom is -0.488 e. The van der Waals surface area contributed by atoms with E-state index in [2.05, 4.69) is 28.5 Å². The van der Waals surface area contributed by atoms with E-state index in [1.54, 1.807) is 11.3 Å². The molecule has 0 radical (unpaired) electrons. The van der Waals surface area contributed by atoms with Gasteiger partial charge < -0.3 is 10.1 Å². The highest BCUT2D eigenvalue weighted by atomic mass is 32.1. The number of hydrogen-bond acceptors (Lipinski definition) is 4. The van der Waals surface area contributed by atoms with Gasteiger partial charge in [0.25, 0.3) is 0 Å². The normalized spacial score (nSPS) is 17.8. The molecule has 1 unspecified atom stereocenters. The van der Waals surface area contributed by atoms with Gasteiger partial charge in [0.05, 0.1) is 9.88 Å². The monoisotopic (exact) mass is 288 g/mol. The lowest BCUT2D eigenvalue weighted by molar-refractivity contribution is 0.308. The van der Waals surface area contributed by atoms with Gasteiger partial charge in [-0.1, -0.05) is 6.07 Å². The maximum Gasteiger partial charge on any atom is 0.124 e. The van der Waals surface area contributed by atoms with Crippen LogP contribution >= 0.6 is 11.3 Å². The van der Waals surface area contributed by atoms with Crippen LogP contribution in [0.1, 0.15) is 39.9 Å². The molecule has 0 spiro atoms. The molecule has 1 N–H and O–H groups in total. The molecule has 4 heteroatoms. The van der Waals surface area contributed by atoms with Crippen molar-refractivity contribution in [2.45, 2.75) is 38.8 Å². The smallest absolute Gasteiger partial charge is 0.124 e. The third kappa shape index (κ3) is 2.86. The van der Waals surface area contributed by atoms with Crippen molar-refractivity contribution in [3.63, 3.8) is 0 Å². The van der Waals surface area contributed by atoms with Crippen molar-refractivity contribution in [1.29, 1.82) is 0 Å². The van der Waals surface area contributed by atoms with E-state index in [9.17, 15) is 0 Å². The first-order valence-electron chi connectivity index (χ1n) is 7.10. The van der Waals surface area contributed by atoms with Crippen LogP contribution in [0.3, 0.4) is 0 Å². The van der Waals surface area contributed by atoms with Gasteiger partial charge in [0.15, 0.2) is 0 Å². The minimum atomic E-state index is 0.466. The highest BCUT2D eigenvalue weighted by Gasteiger charge is 2.19. The molecule has 0 saturated carbocycles. The molecule has 0 bridgehead atoms. The Morgan fingerprint density at radius 1 is 1.45 bits per heavy atom. The summed E-state index contributed by atoms with van der Waals surface area (Å²) in [5.41, 5.74) is 2.85. The van der Waals surface area contributed by atoms with Gasteiger partial charge in [-0.15, -0.1) is 11.3 Å². The summed E-state index contributed by atoms with van der Waals surface area (Å²) in [5, 5.41) is 4.49. The second-order valence-electron chi connectivity index (χ2n) is 5.23. The quantitative estimate of drug-likeness (QED) is 0.933. The molecule has 1 aromatic carbocycles. The Hall–Kier alpha value is -1.39. The predicted molar refractivity (Wildman–Crippen MR) is 82.4 cm³/mol. The lowest BCUT2D eigenvalue weighted by atomic mass is 9.87. The van der Waals surface area contributed by atoms with E-state index in [4.69, 9.17) is 4.74 Å². The van der Waals surface area contributed by atoms with Gasteiger partial charge in [0, 0.05) is 12.2 Å². The summed E-state index contributed by atoms with van der Waals surface area (Å²) in [4.78, 5) is 5.42. The molecular weight excluding hydrogens is 268 g/mol. The number of thiazole rings is 1. The van der Waals surface area contributed by atoms with Gasteiger partial charge in [-0.2, -0.15) is 0 Å². The van der Waals surface area contributed by atoms with Gasteiger partial charge >= 0.3 is 0 Å². The van der Waals surface area contributed by atoms with E-state index >= 15 is 0 Å². The fourth-order valence-electron chi connectivity index (χ4n) is 2.79. The summed E-state index contributed by atoms with van der Waals surface area (Å²) in [6, 6.07) is 6.97. The molecule has 3 rings (SSSR count). The van der Waals surface area contributed by atoms with Crippen LogP contribution in [0.5, 0.6) is 5.75 Å². The van der Waals surface area contributed by atoms with Crippen molar-refractivity contribution in [3.05, 3.63) is 45.4 Å². The minimum absolute atomic E-state index is 0.466. The Bertz CT molecular complexity index is 594. The summed E-state index contributed by atoms with van der Waals surface area (Å²) in [6.07, 6.45) is 5.55. The summed E-state index contributed by atoms with van der Waals surface area (Å²) >= 11 is 1.69. The predicted octanol–water partition coefficient (Wildman–Crippen LogP) is 3.63. The molecule has 0 fully saturated rings. The maximum atomic E-state index is 5.91. The molecule has 0 amide bonds. The second-order valence-corrected chi connectivity index (χ2v) is 6.55. The van der Waals surface area contributed by atoms with Gasteiger partial charge in [0.1, 0.15) is 12.4 Å². The Morgan fingerprint density at radius 2 is 2.35 bits per heavy atom. The van der Waals surface area contributed by atoms with Crippen LogP contribution in [0.4, 0.5) is 0 Å². The van der Waals surface area contributed by atoms with E-state index in [-0.39, 0.29) is 0 Å². The maximum absolute atomic E-state index is 5.91. The third-order valence-corrected chi connectivity index (χ3v) is 4.72. The van der Waals surface area contributed by atoms with Crippen molar-refractivity contribution in [2.75, 3.05) is 7.05 Å². The third-order valence-electron chi connectivity index (χ3n) is 3.83. The fourth-order valence-corrected chi connectivity index (χ4v) is 3.50. The zero-order valence-electron chi connectivity index (χ0n) is 12.0. The van der Waals surface area contributed by atoms with E-state index in [0.29, 0.717) is 12.6 Å². The van der Waals surface area contributed by atoms with Crippen LogP contribution in [-0.2, 0) is 13.0 Å². The molecule has 0 saturated heterocycles. The van der Waals surface area contributed by atoms with Crippen LogP contribution in [0.25, 0.3) is 0 Å². The Balaban J connectivity index is 1.74. The summed E-state index contributed by atoms with van der Waals surface area (Å²) < 4.78 is 5.91. The molecule has 0 aliphatic heterocycles. The number of nitrogens with one attached hydrogen (secondary N) is 1. The molecule has 1 aromatic heterocycles. The molecule has 20 heavy (non-hydrogen) atoms. The molecule has 1 aliphatic carbocycles. The number of fused-ring (bicyclic) bond motifs is 1. The highest BCUT2D eigenvalue weighted by Crippen LogP contribution is 2.32. The number of benzene rings is 1. The molecule has 1 atom stereocenters. The van der Waals surface area contributed by atoms with Crippen molar-refractivity contribution < 1.29 is 4.74 Å². The number of nitrogens with zero attached hydrogens (tertiary/aromatic N) is 1. The zero-order valence-corrected chi connectivity index (χ0v) is 12.8. The van der Waals surface area contributed by atoms with Crippen molar-refractivity contribution in [1.82, 2.24) is 10.3 Å². The van der Waals surface area contributed by atoms with Crippen molar-refractivity contribution in [3.8, 4) is 5.75 Å². The van der Waals surface area contributed by atoms with Gasteiger partial charge in [0.2, 0.25) is 0 Å². The number of hydrogen-bond donors (Lipinski definition) is 1. The van der Waals surface area contributed by atoms with Crippen molar-refractivity contribution in [2.24, 2.45) is 0 Å². The highest BCUT2D eigenvalue weighted by molar-refractivity contribution is 7.11. The molecule has 3 nitrogen and oxygen atoms in total. The number of aromatic nitrogens is 1. The Labute approximate surface area is 124 Å². The van der Waals surface area contributed by atoms with E-state index in [1.165, 1.54) is 35.3 Å². The molecule has 106 valence electrons. The summed E-state index contributed by atoms with van der Waals surface area (Å²) in [6.45, 7) is 2.62. The van der Waals surface area contributed by atoms with Crippen LogP contribution < -0.4 is 10.1 Å². The zero-order chi connectivity index (χ0) is 13.9. The average Bonchev–Trinajstić information content (AvgIpc) is 2.90. The van der Waals surface area contributed by atoms with E-state index in [0.717, 1.165) is 10.8 Å². The van der Waals surface area contributed by atoms with Gasteiger partial charge in [-0.3, -0.25) is 0 Å². The fraction of sp³-hybridized carbons (Fsp3) is 0.438. The van der Waals surface area contributed by atoms with Gasteiger partial charge in [-0.25, -0.2) is 4.98 Å². The molecule has 1 heterocycles. The lowest BCUT2D eigenvalue weighted by Gasteiger charge is -2.25. The second kappa shape index (κ2) is 5.94. The van der Waals surface area contributed by atoms with E-state index < -0.39 is 0 Å². The average molecular weight is 288 g/mol. The van der Waals surface area contributed by atoms with Gasteiger partial charge in [-0.05, 0) is 56.5 Å².